The SMILES string of the molecule is CCC1CN(C(=O)N[C@@H](CC(=O)OC)C(=O)O)CCO1. The minimum absolute atomic E-state index is 0.0432. The van der Waals surface area contributed by atoms with Gasteiger partial charge in [0.1, 0.15) is 6.04 Å². The zero-order chi connectivity index (χ0) is 15.1. The molecule has 0 spiro atoms. The normalized spacial score (nSPS) is 20.1. The minimum atomic E-state index is -1.29. The number of carboxylic acid groups (broad SMARTS) is 1. The van der Waals surface area contributed by atoms with Crippen LogP contribution in [0.4, 0.5) is 4.79 Å². The second-order valence-electron chi connectivity index (χ2n) is 4.47. The Kier molecular flexibility index (Phi) is 6.23. The lowest BCUT2D eigenvalue weighted by atomic mass is 10.2. The first-order valence-corrected chi connectivity index (χ1v) is 6.44. The molecule has 20 heavy (non-hydrogen) atoms. The summed E-state index contributed by atoms with van der Waals surface area (Å²) in [4.78, 5) is 35.6. The van der Waals surface area contributed by atoms with Gasteiger partial charge >= 0.3 is 18.0 Å². The molecule has 1 saturated heterocycles. The Morgan fingerprint density at radius 3 is 2.75 bits per heavy atom. The lowest BCUT2D eigenvalue weighted by molar-refractivity contribution is -0.147. The van der Waals surface area contributed by atoms with Gasteiger partial charge in [-0.15, -0.1) is 0 Å². The first-order chi connectivity index (χ1) is 9.47. The van der Waals surface area contributed by atoms with E-state index in [4.69, 9.17) is 9.84 Å². The second kappa shape index (κ2) is 7.68. The monoisotopic (exact) mass is 288 g/mol. The van der Waals surface area contributed by atoms with Crippen molar-refractivity contribution in [3.63, 3.8) is 0 Å². The molecule has 0 aromatic rings. The molecule has 0 aromatic carbocycles. The second-order valence-corrected chi connectivity index (χ2v) is 4.47. The number of morpholine rings is 1. The lowest BCUT2D eigenvalue weighted by Crippen LogP contribution is -2.53. The molecule has 0 saturated carbocycles. The highest BCUT2D eigenvalue weighted by Crippen LogP contribution is 2.08. The van der Waals surface area contributed by atoms with E-state index < -0.39 is 30.4 Å². The number of hydrogen-bond donors (Lipinski definition) is 2. The number of nitrogens with zero attached hydrogens (tertiary/aromatic N) is 1. The fraction of sp³-hybridized carbons (Fsp3) is 0.750. The molecular formula is C12H20N2O6. The molecule has 114 valence electrons. The van der Waals surface area contributed by atoms with Gasteiger partial charge in [0.2, 0.25) is 0 Å². The van der Waals surface area contributed by atoms with Gasteiger partial charge in [-0.05, 0) is 6.42 Å². The molecule has 8 heteroatoms. The number of hydrogen-bond acceptors (Lipinski definition) is 5. The van der Waals surface area contributed by atoms with Crippen LogP contribution in [-0.2, 0) is 19.1 Å². The molecule has 1 unspecified atom stereocenters. The maximum Gasteiger partial charge on any atom is 0.326 e. The zero-order valence-corrected chi connectivity index (χ0v) is 11.6. The summed E-state index contributed by atoms with van der Waals surface area (Å²) in [7, 11) is 1.16. The molecule has 0 aromatic heterocycles. The van der Waals surface area contributed by atoms with Gasteiger partial charge in [-0.3, -0.25) is 4.79 Å². The lowest BCUT2D eigenvalue weighted by Gasteiger charge is -2.33. The van der Waals surface area contributed by atoms with Gasteiger partial charge in [0.25, 0.3) is 0 Å². The molecule has 2 amide bonds. The van der Waals surface area contributed by atoms with E-state index >= 15 is 0 Å². The molecule has 1 fully saturated rings. The van der Waals surface area contributed by atoms with E-state index in [2.05, 4.69) is 10.1 Å². The minimum Gasteiger partial charge on any atom is -0.480 e. The molecule has 0 radical (unpaired) electrons. The third-order valence-corrected chi connectivity index (χ3v) is 3.08. The van der Waals surface area contributed by atoms with E-state index in [-0.39, 0.29) is 6.10 Å². The molecule has 2 atom stereocenters. The van der Waals surface area contributed by atoms with Crippen molar-refractivity contribution in [1.29, 1.82) is 0 Å². The van der Waals surface area contributed by atoms with E-state index in [0.717, 1.165) is 13.5 Å². The van der Waals surface area contributed by atoms with Crippen LogP contribution in [0.15, 0.2) is 0 Å². The number of esters is 1. The topological polar surface area (TPSA) is 105 Å². The van der Waals surface area contributed by atoms with Crippen LogP contribution in [0, 0.1) is 0 Å². The van der Waals surface area contributed by atoms with Crippen molar-refractivity contribution in [3.8, 4) is 0 Å². The average Bonchev–Trinajstić information content (AvgIpc) is 2.46. The van der Waals surface area contributed by atoms with Gasteiger partial charge in [0.15, 0.2) is 0 Å². The Labute approximate surface area is 117 Å². The largest absolute Gasteiger partial charge is 0.480 e. The zero-order valence-electron chi connectivity index (χ0n) is 11.6. The van der Waals surface area contributed by atoms with Crippen LogP contribution in [0.2, 0.25) is 0 Å². The van der Waals surface area contributed by atoms with Crippen LogP contribution >= 0.6 is 0 Å². The number of rotatable bonds is 5. The van der Waals surface area contributed by atoms with Gasteiger partial charge in [-0.25, -0.2) is 9.59 Å². The van der Waals surface area contributed by atoms with Crippen LogP contribution in [0.5, 0.6) is 0 Å². The molecule has 2 N–H and O–H groups in total. The molecule has 0 aliphatic carbocycles. The van der Waals surface area contributed by atoms with Crippen LogP contribution in [0.25, 0.3) is 0 Å². The Morgan fingerprint density at radius 1 is 1.50 bits per heavy atom. The number of carbonyl (C=O) groups excluding carboxylic acids is 2. The standard InChI is InChI=1S/C12H20N2O6/c1-3-8-7-14(4-5-20-8)12(18)13-9(11(16)17)6-10(15)19-2/h8-9H,3-7H2,1-2H3,(H,13,18)(H,16,17)/t8?,9-/m0/s1. The number of urea groups is 1. The van der Waals surface area contributed by atoms with Gasteiger partial charge in [0, 0.05) is 13.1 Å². The Bertz CT molecular complexity index is 373. The van der Waals surface area contributed by atoms with E-state index in [0.29, 0.717) is 19.7 Å². The third kappa shape index (κ3) is 4.69. The molecule has 1 aliphatic rings. The number of carbonyl (C=O) groups is 3. The summed E-state index contributed by atoms with van der Waals surface area (Å²) in [6.45, 7) is 3.17. The Morgan fingerprint density at radius 2 is 2.20 bits per heavy atom. The summed E-state index contributed by atoms with van der Waals surface area (Å²) >= 11 is 0. The summed E-state index contributed by atoms with van der Waals surface area (Å²) in [5.41, 5.74) is 0. The highest BCUT2D eigenvalue weighted by atomic mass is 16.5. The van der Waals surface area contributed by atoms with E-state index in [9.17, 15) is 14.4 Å². The highest BCUT2D eigenvalue weighted by Gasteiger charge is 2.28. The summed E-state index contributed by atoms with van der Waals surface area (Å²) in [6, 6.07) is -1.80. The summed E-state index contributed by atoms with van der Waals surface area (Å²) in [5.74, 6) is -1.96. The first kappa shape index (κ1) is 16.2. The van der Waals surface area contributed by atoms with Crippen molar-refractivity contribution in [3.05, 3.63) is 0 Å². The molecule has 8 nitrogen and oxygen atoms in total. The molecule has 1 heterocycles. The van der Waals surface area contributed by atoms with Gasteiger partial charge in [-0.1, -0.05) is 6.92 Å². The average molecular weight is 288 g/mol. The molecule has 0 bridgehead atoms. The van der Waals surface area contributed by atoms with Gasteiger partial charge < -0.3 is 24.8 Å². The van der Waals surface area contributed by atoms with Crippen LogP contribution in [0.3, 0.4) is 0 Å². The number of carboxylic acids is 1. The van der Waals surface area contributed by atoms with Crippen molar-refractivity contribution in [2.24, 2.45) is 0 Å². The Balaban J connectivity index is 2.56. The summed E-state index contributed by atoms with van der Waals surface area (Å²) in [6.07, 6.45) is 0.325. The fourth-order valence-corrected chi connectivity index (χ4v) is 1.84. The van der Waals surface area contributed by atoms with Crippen molar-refractivity contribution in [2.75, 3.05) is 26.8 Å². The first-order valence-electron chi connectivity index (χ1n) is 6.44. The molecular weight excluding hydrogens is 268 g/mol. The maximum atomic E-state index is 12.0. The van der Waals surface area contributed by atoms with Crippen LogP contribution in [0.1, 0.15) is 19.8 Å². The fourth-order valence-electron chi connectivity index (χ4n) is 1.84. The number of aliphatic carboxylic acids is 1. The van der Waals surface area contributed by atoms with Crippen LogP contribution in [-0.4, -0.2) is 66.9 Å². The quantitative estimate of drug-likeness (QED) is 0.680. The summed E-state index contributed by atoms with van der Waals surface area (Å²) in [5, 5.41) is 11.3. The Hall–Kier alpha value is -1.83. The van der Waals surface area contributed by atoms with E-state index in [1.807, 2.05) is 6.92 Å². The number of amides is 2. The maximum absolute atomic E-state index is 12.0. The van der Waals surface area contributed by atoms with Crippen molar-refractivity contribution in [2.45, 2.75) is 31.9 Å². The predicted molar refractivity (Wildman–Crippen MR) is 68.2 cm³/mol. The number of ether oxygens (including phenoxy) is 2. The van der Waals surface area contributed by atoms with E-state index in [1.165, 1.54) is 4.90 Å². The third-order valence-electron chi connectivity index (χ3n) is 3.08. The molecule has 1 rings (SSSR count). The van der Waals surface area contributed by atoms with E-state index in [1.54, 1.807) is 0 Å². The highest BCUT2D eigenvalue weighted by molar-refractivity contribution is 5.86. The van der Waals surface area contributed by atoms with Gasteiger partial charge in [-0.2, -0.15) is 0 Å². The number of nitrogens with one attached hydrogen (secondary N) is 1. The van der Waals surface area contributed by atoms with Crippen molar-refractivity contribution < 1.29 is 29.0 Å². The van der Waals surface area contributed by atoms with Crippen LogP contribution < -0.4 is 5.32 Å². The van der Waals surface area contributed by atoms with Gasteiger partial charge in [0.05, 0.1) is 26.2 Å². The summed E-state index contributed by atoms with van der Waals surface area (Å²) < 4.78 is 9.83. The predicted octanol–water partition coefficient (Wildman–Crippen LogP) is -0.177. The smallest absolute Gasteiger partial charge is 0.326 e. The van der Waals surface area contributed by atoms with Crippen molar-refractivity contribution >= 4 is 18.0 Å². The van der Waals surface area contributed by atoms with Crippen molar-refractivity contribution in [1.82, 2.24) is 10.2 Å². The molecule has 1 aliphatic heterocycles. The number of methoxy groups -OCH3 is 1.